The van der Waals surface area contributed by atoms with Gasteiger partial charge in [-0.1, -0.05) is 6.07 Å². The van der Waals surface area contributed by atoms with Gasteiger partial charge < -0.3 is 5.73 Å². The number of rotatable bonds is 5. The molecule has 3 N–H and O–H groups in total. The predicted octanol–water partition coefficient (Wildman–Crippen LogP) is 2.58. The fourth-order valence-electron chi connectivity index (χ4n) is 1.86. The van der Waals surface area contributed by atoms with Crippen LogP contribution in [0.3, 0.4) is 0 Å². The molecule has 8 heteroatoms. The van der Waals surface area contributed by atoms with E-state index in [1.807, 2.05) is 5.38 Å². The van der Waals surface area contributed by atoms with Gasteiger partial charge in [-0.25, -0.2) is 13.4 Å². The minimum absolute atomic E-state index is 0.185. The minimum Gasteiger partial charge on any atom is -0.326 e. The van der Waals surface area contributed by atoms with E-state index in [1.165, 1.54) is 11.3 Å². The van der Waals surface area contributed by atoms with Gasteiger partial charge in [-0.15, -0.1) is 11.3 Å². The quantitative estimate of drug-likeness (QED) is 0.822. The maximum Gasteiger partial charge on any atom is 0.242 e. The second-order valence-corrected chi connectivity index (χ2v) is 8.44. The van der Waals surface area contributed by atoms with Gasteiger partial charge in [0.25, 0.3) is 0 Å². The Hall–Kier alpha value is -0.800. The van der Waals surface area contributed by atoms with Gasteiger partial charge in [-0.2, -0.15) is 4.72 Å². The SMILES string of the molecule is CC(C)(NS(=O)(=O)c1ccc(CN)cc1Br)c1nccs1. The van der Waals surface area contributed by atoms with E-state index in [0.29, 0.717) is 16.0 Å². The number of benzene rings is 1. The Kier molecular flexibility index (Phi) is 4.84. The highest BCUT2D eigenvalue weighted by atomic mass is 79.9. The molecule has 0 aliphatic carbocycles. The molecule has 0 unspecified atom stereocenters. The topological polar surface area (TPSA) is 85.1 Å². The standard InChI is InChI=1S/C13H16BrN3O2S2/c1-13(2,12-16-5-6-20-12)17-21(18,19)11-4-3-9(8-15)7-10(11)14/h3-7,17H,8,15H2,1-2H3. The Labute approximate surface area is 136 Å². The number of thiazole rings is 1. The first-order valence-electron chi connectivity index (χ1n) is 6.19. The van der Waals surface area contributed by atoms with Crippen LogP contribution in [0.5, 0.6) is 0 Å². The summed E-state index contributed by atoms with van der Waals surface area (Å²) in [7, 11) is -3.67. The maximum atomic E-state index is 12.6. The van der Waals surface area contributed by atoms with Crippen LogP contribution >= 0.6 is 27.3 Å². The van der Waals surface area contributed by atoms with Crippen LogP contribution in [-0.2, 0) is 22.1 Å². The molecule has 0 radical (unpaired) electrons. The van der Waals surface area contributed by atoms with Gasteiger partial charge in [-0.05, 0) is 47.5 Å². The van der Waals surface area contributed by atoms with Crippen molar-refractivity contribution in [3.05, 3.63) is 44.8 Å². The predicted molar refractivity (Wildman–Crippen MR) is 87.5 cm³/mol. The summed E-state index contributed by atoms with van der Waals surface area (Å²) >= 11 is 4.70. The van der Waals surface area contributed by atoms with E-state index in [9.17, 15) is 8.42 Å². The Bertz CT molecular complexity index is 728. The zero-order valence-corrected chi connectivity index (χ0v) is 14.8. The van der Waals surface area contributed by atoms with Crippen molar-refractivity contribution in [2.24, 2.45) is 5.73 Å². The summed E-state index contributed by atoms with van der Waals surface area (Å²) in [6.45, 7) is 3.92. The summed E-state index contributed by atoms with van der Waals surface area (Å²) in [5, 5.41) is 2.53. The van der Waals surface area contributed by atoms with Crippen molar-refractivity contribution < 1.29 is 8.42 Å². The molecular formula is C13H16BrN3O2S2. The molecule has 0 aliphatic heterocycles. The monoisotopic (exact) mass is 389 g/mol. The molecule has 0 saturated heterocycles. The third kappa shape index (κ3) is 3.70. The lowest BCUT2D eigenvalue weighted by molar-refractivity contribution is 0.469. The number of nitrogens with two attached hydrogens (primary N) is 1. The minimum atomic E-state index is -3.67. The Morgan fingerprint density at radius 3 is 2.67 bits per heavy atom. The number of nitrogens with zero attached hydrogens (tertiary/aromatic N) is 1. The van der Waals surface area contributed by atoms with Crippen LogP contribution in [0.1, 0.15) is 24.4 Å². The highest BCUT2D eigenvalue weighted by molar-refractivity contribution is 9.10. The number of halogens is 1. The lowest BCUT2D eigenvalue weighted by Gasteiger charge is -2.24. The molecule has 1 aromatic carbocycles. The van der Waals surface area contributed by atoms with Crippen molar-refractivity contribution in [2.75, 3.05) is 0 Å². The van der Waals surface area contributed by atoms with Crippen LogP contribution in [-0.4, -0.2) is 13.4 Å². The number of aromatic nitrogens is 1. The Morgan fingerprint density at radius 1 is 1.43 bits per heavy atom. The zero-order valence-electron chi connectivity index (χ0n) is 11.6. The molecule has 2 aromatic rings. The van der Waals surface area contributed by atoms with Gasteiger partial charge in [0.2, 0.25) is 10.0 Å². The molecule has 114 valence electrons. The van der Waals surface area contributed by atoms with Crippen molar-refractivity contribution in [2.45, 2.75) is 30.8 Å². The van der Waals surface area contributed by atoms with Crippen LogP contribution in [0.4, 0.5) is 0 Å². The lowest BCUT2D eigenvalue weighted by atomic mass is 10.1. The summed E-state index contributed by atoms with van der Waals surface area (Å²) in [6, 6.07) is 4.97. The third-order valence-electron chi connectivity index (χ3n) is 2.88. The maximum absolute atomic E-state index is 12.6. The molecule has 0 atom stereocenters. The molecule has 21 heavy (non-hydrogen) atoms. The normalized spacial score (nSPS) is 12.6. The van der Waals surface area contributed by atoms with Gasteiger partial charge in [0.15, 0.2) is 0 Å². The van der Waals surface area contributed by atoms with Crippen molar-refractivity contribution in [1.82, 2.24) is 9.71 Å². The number of hydrogen-bond acceptors (Lipinski definition) is 5. The highest BCUT2D eigenvalue weighted by Gasteiger charge is 2.31. The van der Waals surface area contributed by atoms with Crippen LogP contribution in [0, 0.1) is 0 Å². The third-order valence-corrected chi connectivity index (χ3v) is 6.61. The van der Waals surface area contributed by atoms with E-state index in [0.717, 1.165) is 5.56 Å². The van der Waals surface area contributed by atoms with E-state index < -0.39 is 15.6 Å². The van der Waals surface area contributed by atoms with Crippen LogP contribution in [0.15, 0.2) is 39.1 Å². The van der Waals surface area contributed by atoms with Gasteiger partial charge in [-0.3, -0.25) is 0 Å². The Balaban J connectivity index is 2.35. The second kappa shape index (κ2) is 6.13. The fraction of sp³-hybridized carbons (Fsp3) is 0.308. The molecule has 0 amide bonds. The van der Waals surface area contributed by atoms with Gasteiger partial charge in [0.1, 0.15) is 5.01 Å². The first-order valence-corrected chi connectivity index (χ1v) is 9.34. The molecule has 1 heterocycles. The smallest absolute Gasteiger partial charge is 0.242 e. The van der Waals surface area contributed by atoms with E-state index in [1.54, 1.807) is 38.2 Å². The highest BCUT2D eigenvalue weighted by Crippen LogP contribution is 2.28. The van der Waals surface area contributed by atoms with Crippen LogP contribution in [0.25, 0.3) is 0 Å². The molecule has 2 rings (SSSR count). The van der Waals surface area contributed by atoms with E-state index in [4.69, 9.17) is 5.73 Å². The summed E-state index contributed by atoms with van der Waals surface area (Å²) in [4.78, 5) is 4.36. The fourth-order valence-corrected chi connectivity index (χ4v) is 5.15. The van der Waals surface area contributed by atoms with E-state index >= 15 is 0 Å². The molecule has 0 fully saturated rings. The van der Waals surface area contributed by atoms with Gasteiger partial charge in [0, 0.05) is 22.6 Å². The number of hydrogen-bond donors (Lipinski definition) is 2. The molecule has 0 spiro atoms. The Morgan fingerprint density at radius 2 is 2.14 bits per heavy atom. The molecule has 0 bridgehead atoms. The van der Waals surface area contributed by atoms with Crippen LogP contribution in [0.2, 0.25) is 0 Å². The molecule has 0 aliphatic rings. The summed E-state index contributed by atoms with van der Waals surface area (Å²) in [6.07, 6.45) is 1.65. The summed E-state index contributed by atoms with van der Waals surface area (Å²) < 4.78 is 28.3. The van der Waals surface area contributed by atoms with E-state index in [2.05, 4.69) is 25.6 Å². The molecule has 1 aromatic heterocycles. The van der Waals surface area contributed by atoms with Crippen molar-refractivity contribution in [1.29, 1.82) is 0 Å². The molecular weight excluding hydrogens is 374 g/mol. The molecule has 5 nitrogen and oxygen atoms in total. The number of nitrogens with one attached hydrogen (secondary N) is 1. The zero-order chi connectivity index (χ0) is 15.7. The first kappa shape index (κ1) is 16.6. The summed E-state index contributed by atoms with van der Waals surface area (Å²) in [5.74, 6) is 0. The average Bonchev–Trinajstić information content (AvgIpc) is 2.91. The first-order chi connectivity index (χ1) is 9.76. The van der Waals surface area contributed by atoms with Crippen molar-refractivity contribution in [3.8, 4) is 0 Å². The van der Waals surface area contributed by atoms with Crippen molar-refractivity contribution in [3.63, 3.8) is 0 Å². The molecule has 0 saturated carbocycles. The van der Waals surface area contributed by atoms with Gasteiger partial charge >= 0.3 is 0 Å². The summed E-state index contributed by atoms with van der Waals surface area (Å²) in [5.41, 5.74) is 5.63. The van der Waals surface area contributed by atoms with Crippen LogP contribution < -0.4 is 10.5 Å². The van der Waals surface area contributed by atoms with Gasteiger partial charge in [0.05, 0.1) is 10.4 Å². The van der Waals surface area contributed by atoms with Crippen molar-refractivity contribution >= 4 is 37.3 Å². The lowest BCUT2D eigenvalue weighted by Crippen LogP contribution is -2.40. The second-order valence-electron chi connectivity index (χ2n) is 5.04. The average molecular weight is 390 g/mol. The largest absolute Gasteiger partial charge is 0.326 e. The van der Waals surface area contributed by atoms with E-state index in [-0.39, 0.29) is 4.90 Å². The number of sulfonamides is 1.